The molecule has 0 radical (unpaired) electrons. The Balaban J connectivity index is 2.09. The fourth-order valence-corrected chi connectivity index (χ4v) is 3.06. The molecule has 2 aliphatic heterocycles. The second-order valence-corrected chi connectivity index (χ2v) is 6.45. The van der Waals surface area contributed by atoms with Crippen LogP contribution in [0, 0.1) is 10.1 Å². The molecule has 10 nitrogen and oxygen atoms in total. The number of nitrogens with one attached hydrogen (secondary N) is 1. The van der Waals surface area contributed by atoms with E-state index in [4.69, 9.17) is 14.2 Å². The van der Waals surface area contributed by atoms with Gasteiger partial charge in [0, 0.05) is 12.7 Å². The van der Waals surface area contributed by atoms with Crippen molar-refractivity contribution in [1.82, 2.24) is 10.2 Å². The Morgan fingerprint density at radius 3 is 2.71 bits per heavy atom. The highest BCUT2D eigenvalue weighted by Gasteiger charge is 2.39. The zero-order valence-electron chi connectivity index (χ0n) is 15.8. The van der Waals surface area contributed by atoms with Crippen molar-refractivity contribution in [3.8, 4) is 11.5 Å². The van der Waals surface area contributed by atoms with Crippen LogP contribution >= 0.6 is 0 Å². The van der Waals surface area contributed by atoms with E-state index in [0.29, 0.717) is 17.9 Å². The van der Waals surface area contributed by atoms with Crippen LogP contribution in [0.1, 0.15) is 38.3 Å². The van der Waals surface area contributed by atoms with Gasteiger partial charge in [-0.1, -0.05) is 13.3 Å². The van der Waals surface area contributed by atoms with Crippen LogP contribution in [0.4, 0.5) is 10.5 Å². The number of esters is 1. The molecular formula is C18H21N3O7. The number of carbonyl (C=O) groups excluding carboxylic acids is 2. The Bertz CT molecular complexity index is 865. The maximum absolute atomic E-state index is 12.8. The summed E-state index contributed by atoms with van der Waals surface area (Å²) in [4.78, 5) is 37.4. The highest BCUT2D eigenvalue weighted by Crippen LogP contribution is 2.43. The summed E-state index contributed by atoms with van der Waals surface area (Å²) in [5.41, 5.74) is 0.339. The number of hydrogen-bond donors (Lipinski definition) is 1. The summed E-state index contributed by atoms with van der Waals surface area (Å²) < 4.78 is 15.8. The van der Waals surface area contributed by atoms with Crippen LogP contribution in [-0.2, 0) is 9.53 Å². The van der Waals surface area contributed by atoms with Gasteiger partial charge in [0.1, 0.15) is 0 Å². The van der Waals surface area contributed by atoms with Gasteiger partial charge in [-0.3, -0.25) is 10.1 Å². The third-order valence-corrected chi connectivity index (χ3v) is 4.73. The molecular weight excluding hydrogens is 370 g/mol. The highest BCUT2D eigenvalue weighted by molar-refractivity contribution is 5.95. The van der Waals surface area contributed by atoms with Crippen LogP contribution in [0.5, 0.6) is 11.5 Å². The molecule has 28 heavy (non-hydrogen) atoms. The standard InChI is InChI=1S/C18H21N3O7/c1-4-5-6-26-17(22)15-10(2)20(3)18(23)19-16(15)11-7-13-14(28-9-27-13)8-12(11)21(24)25/h7-8,16H,4-6,9H2,1-3H3,(H,19,23)/t16-/m1/s1. The maximum atomic E-state index is 12.8. The number of rotatable bonds is 6. The molecule has 150 valence electrons. The quantitative estimate of drug-likeness (QED) is 0.342. The molecule has 2 aliphatic rings. The van der Waals surface area contributed by atoms with Crippen LogP contribution in [-0.4, -0.2) is 42.3 Å². The number of nitrogens with zero attached hydrogens (tertiary/aromatic N) is 2. The van der Waals surface area contributed by atoms with Crippen LogP contribution < -0.4 is 14.8 Å². The second-order valence-electron chi connectivity index (χ2n) is 6.45. The number of nitro benzene ring substituents is 1. The van der Waals surface area contributed by atoms with E-state index >= 15 is 0 Å². The minimum atomic E-state index is -1.05. The van der Waals surface area contributed by atoms with E-state index in [1.54, 1.807) is 6.92 Å². The van der Waals surface area contributed by atoms with Crippen LogP contribution in [0.2, 0.25) is 0 Å². The molecule has 1 atom stereocenters. The van der Waals surface area contributed by atoms with E-state index in [1.165, 1.54) is 24.1 Å². The molecule has 0 aliphatic carbocycles. The molecule has 0 fully saturated rings. The Labute approximate surface area is 161 Å². The van der Waals surface area contributed by atoms with Crippen molar-refractivity contribution in [2.75, 3.05) is 20.4 Å². The predicted molar refractivity (Wildman–Crippen MR) is 96.8 cm³/mol. The lowest BCUT2D eigenvalue weighted by Crippen LogP contribution is -2.46. The minimum Gasteiger partial charge on any atom is -0.462 e. The molecule has 2 heterocycles. The first-order valence-electron chi connectivity index (χ1n) is 8.85. The van der Waals surface area contributed by atoms with E-state index in [2.05, 4.69) is 5.32 Å². The number of carbonyl (C=O) groups is 2. The first-order valence-corrected chi connectivity index (χ1v) is 8.85. The Kier molecular flexibility index (Phi) is 5.39. The molecule has 1 aromatic carbocycles. The lowest BCUT2D eigenvalue weighted by atomic mass is 9.93. The molecule has 0 saturated carbocycles. The van der Waals surface area contributed by atoms with E-state index in [1.807, 2.05) is 6.92 Å². The minimum absolute atomic E-state index is 0.0590. The summed E-state index contributed by atoms with van der Waals surface area (Å²) in [5, 5.41) is 14.3. The van der Waals surface area contributed by atoms with Crippen LogP contribution in [0.15, 0.2) is 23.4 Å². The molecule has 0 spiro atoms. The van der Waals surface area contributed by atoms with E-state index < -0.39 is 23.0 Å². The Hall–Kier alpha value is -3.30. The number of nitro groups is 1. The van der Waals surface area contributed by atoms with Gasteiger partial charge in [0.15, 0.2) is 11.5 Å². The van der Waals surface area contributed by atoms with E-state index in [0.717, 1.165) is 6.42 Å². The third-order valence-electron chi connectivity index (χ3n) is 4.73. The van der Waals surface area contributed by atoms with E-state index in [9.17, 15) is 19.7 Å². The normalized spacial score (nSPS) is 18.2. The van der Waals surface area contributed by atoms with Gasteiger partial charge in [0.25, 0.3) is 5.69 Å². The van der Waals surface area contributed by atoms with Gasteiger partial charge in [-0.05, 0) is 19.4 Å². The van der Waals surface area contributed by atoms with Gasteiger partial charge in [-0.25, -0.2) is 9.59 Å². The zero-order chi connectivity index (χ0) is 20.4. The molecule has 0 saturated heterocycles. The summed E-state index contributed by atoms with van der Waals surface area (Å²) in [5.74, 6) is -0.0811. The average Bonchev–Trinajstić information content (AvgIpc) is 3.12. The number of urea groups is 1. The summed E-state index contributed by atoms with van der Waals surface area (Å²) in [7, 11) is 1.51. The molecule has 10 heteroatoms. The molecule has 3 rings (SSSR count). The molecule has 0 aromatic heterocycles. The molecule has 1 aromatic rings. The van der Waals surface area contributed by atoms with Crippen molar-refractivity contribution in [3.63, 3.8) is 0 Å². The van der Waals surface area contributed by atoms with Gasteiger partial charge in [-0.2, -0.15) is 0 Å². The number of allylic oxidation sites excluding steroid dienone is 1. The number of ether oxygens (including phenoxy) is 3. The van der Waals surface area contributed by atoms with Crippen molar-refractivity contribution in [2.45, 2.75) is 32.7 Å². The number of unbranched alkanes of at least 4 members (excludes halogenated alkanes) is 1. The Morgan fingerprint density at radius 2 is 2.07 bits per heavy atom. The summed E-state index contributed by atoms with van der Waals surface area (Å²) in [6, 6.07) is 1.12. The van der Waals surface area contributed by atoms with Crippen LogP contribution in [0.25, 0.3) is 0 Å². The molecule has 0 unspecified atom stereocenters. The first-order chi connectivity index (χ1) is 13.3. The first kappa shape index (κ1) is 19.5. The largest absolute Gasteiger partial charge is 0.462 e. The fraction of sp³-hybridized carbons (Fsp3) is 0.444. The summed E-state index contributed by atoms with van der Waals surface area (Å²) >= 11 is 0. The Morgan fingerprint density at radius 1 is 1.39 bits per heavy atom. The summed E-state index contributed by atoms with van der Waals surface area (Å²) in [6.07, 6.45) is 1.54. The van der Waals surface area contributed by atoms with Gasteiger partial charge >= 0.3 is 12.0 Å². The molecule has 2 amide bonds. The third kappa shape index (κ3) is 3.45. The predicted octanol–water partition coefficient (Wildman–Crippen LogP) is 2.64. The van der Waals surface area contributed by atoms with Crippen molar-refractivity contribution in [1.29, 1.82) is 0 Å². The fourth-order valence-electron chi connectivity index (χ4n) is 3.06. The second kappa shape index (κ2) is 7.75. The van der Waals surface area contributed by atoms with Crippen molar-refractivity contribution < 1.29 is 28.7 Å². The van der Waals surface area contributed by atoms with E-state index in [-0.39, 0.29) is 36.0 Å². The average molecular weight is 391 g/mol. The SMILES string of the molecule is CCCCOC(=O)C1=C(C)N(C)C(=O)N[C@@H]1c1cc2c(cc1[N+](=O)[O-])OCO2. The lowest BCUT2D eigenvalue weighted by molar-refractivity contribution is -0.385. The monoisotopic (exact) mass is 391 g/mol. The lowest BCUT2D eigenvalue weighted by Gasteiger charge is -2.33. The van der Waals surface area contributed by atoms with Crippen molar-refractivity contribution >= 4 is 17.7 Å². The summed E-state index contributed by atoms with van der Waals surface area (Å²) in [6.45, 7) is 3.73. The van der Waals surface area contributed by atoms with Crippen molar-refractivity contribution in [3.05, 3.63) is 39.1 Å². The molecule has 1 N–H and O–H groups in total. The number of benzene rings is 1. The number of fused-ring (bicyclic) bond motifs is 1. The maximum Gasteiger partial charge on any atom is 0.338 e. The zero-order valence-corrected chi connectivity index (χ0v) is 15.8. The topological polar surface area (TPSA) is 120 Å². The van der Waals surface area contributed by atoms with Gasteiger partial charge in [0.2, 0.25) is 6.79 Å². The van der Waals surface area contributed by atoms with Crippen LogP contribution in [0.3, 0.4) is 0 Å². The van der Waals surface area contributed by atoms with Gasteiger partial charge < -0.3 is 24.4 Å². The number of amides is 2. The van der Waals surface area contributed by atoms with Crippen molar-refractivity contribution in [2.24, 2.45) is 0 Å². The van der Waals surface area contributed by atoms with Gasteiger partial charge in [-0.15, -0.1) is 0 Å². The highest BCUT2D eigenvalue weighted by atomic mass is 16.7. The van der Waals surface area contributed by atoms with Gasteiger partial charge in [0.05, 0.1) is 34.8 Å². The smallest absolute Gasteiger partial charge is 0.338 e. The number of hydrogen-bond acceptors (Lipinski definition) is 7. The molecule has 0 bridgehead atoms.